The molecular weight excluding hydrogens is 162 g/mol. The van der Waals surface area contributed by atoms with E-state index in [0.717, 1.165) is 17.9 Å². The maximum Gasteiger partial charge on any atom is 0.128 e. The summed E-state index contributed by atoms with van der Waals surface area (Å²) in [6.07, 6.45) is 2.37. The van der Waals surface area contributed by atoms with E-state index < -0.39 is 0 Å². The summed E-state index contributed by atoms with van der Waals surface area (Å²) in [5.74, 6) is 0.917. The SMILES string of the molecule is Cc1ccc(N(C)CCC#N)nc1. The van der Waals surface area contributed by atoms with Crippen molar-refractivity contribution in [3.8, 4) is 6.07 Å². The molecule has 0 saturated heterocycles. The number of anilines is 1. The smallest absolute Gasteiger partial charge is 0.128 e. The van der Waals surface area contributed by atoms with E-state index in [0.29, 0.717) is 6.42 Å². The predicted molar refractivity (Wildman–Crippen MR) is 52.5 cm³/mol. The molecule has 3 heteroatoms. The van der Waals surface area contributed by atoms with Gasteiger partial charge in [0.05, 0.1) is 12.5 Å². The first-order valence-electron chi connectivity index (χ1n) is 4.25. The lowest BCUT2D eigenvalue weighted by Gasteiger charge is -2.15. The van der Waals surface area contributed by atoms with E-state index in [4.69, 9.17) is 5.26 Å². The van der Waals surface area contributed by atoms with Crippen LogP contribution in [0.5, 0.6) is 0 Å². The molecule has 1 aromatic heterocycles. The normalized spacial score (nSPS) is 9.31. The quantitative estimate of drug-likeness (QED) is 0.702. The summed E-state index contributed by atoms with van der Waals surface area (Å²) in [5.41, 5.74) is 1.15. The Morgan fingerprint density at radius 2 is 2.31 bits per heavy atom. The Labute approximate surface area is 78.6 Å². The zero-order valence-corrected chi connectivity index (χ0v) is 7.99. The van der Waals surface area contributed by atoms with Gasteiger partial charge >= 0.3 is 0 Å². The van der Waals surface area contributed by atoms with Crippen LogP contribution in [0.4, 0.5) is 5.82 Å². The average molecular weight is 175 g/mol. The van der Waals surface area contributed by atoms with Gasteiger partial charge in [0, 0.05) is 19.8 Å². The molecule has 0 atom stereocenters. The van der Waals surface area contributed by atoms with Crippen molar-refractivity contribution >= 4 is 5.82 Å². The van der Waals surface area contributed by atoms with Crippen molar-refractivity contribution in [3.05, 3.63) is 23.9 Å². The number of nitriles is 1. The van der Waals surface area contributed by atoms with Crippen molar-refractivity contribution < 1.29 is 0 Å². The van der Waals surface area contributed by atoms with Crippen LogP contribution in [0.15, 0.2) is 18.3 Å². The van der Waals surface area contributed by atoms with Gasteiger partial charge in [-0.25, -0.2) is 4.98 Å². The fourth-order valence-electron chi connectivity index (χ4n) is 1.02. The molecule has 0 unspecified atom stereocenters. The van der Waals surface area contributed by atoms with Gasteiger partial charge in [-0.3, -0.25) is 0 Å². The minimum absolute atomic E-state index is 0.534. The number of aryl methyl sites for hydroxylation is 1. The summed E-state index contributed by atoms with van der Waals surface area (Å²) < 4.78 is 0. The number of rotatable bonds is 3. The van der Waals surface area contributed by atoms with Gasteiger partial charge < -0.3 is 4.90 Å². The lowest BCUT2D eigenvalue weighted by molar-refractivity contribution is 0.884. The summed E-state index contributed by atoms with van der Waals surface area (Å²) in [5, 5.41) is 8.41. The van der Waals surface area contributed by atoms with Gasteiger partial charge in [0.2, 0.25) is 0 Å². The molecule has 1 aromatic rings. The number of pyridine rings is 1. The highest BCUT2D eigenvalue weighted by Gasteiger charge is 1.99. The standard InChI is InChI=1S/C10H13N3/c1-9-4-5-10(12-8-9)13(2)7-3-6-11/h4-5,8H,3,7H2,1-2H3. The Hall–Kier alpha value is -1.56. The van der Waals surface area contributed by atoms with Gasteiger partial charge in [-0.05, 0) is 18.6 Å². The maximum absolute atomic E-state index is 8.41. The third-order valence-corrected chi connectivity index (χ3v) is 1.85. The Bertz CT molecular complexity index is 297. The lowest BCUT2D eigenvalue weighted by atomic mass is 10.3. The fourth-order valence-corrected chi connectivity index (χ4v) is 1.02. The van der Waals surface area contributed by atoms with Crippen molar-refractivity contribution in [2.45, 2.75) is 13.3 Å². The highest BCUT2D eigenvalue weighted by atomic mass is 15.2. The number of hydrogen-bond acceptors (Lipinski definition) is 3. The Morgan fingerprint density at radius 1 is 1.54 bits per heavy atom. The molecule has 0 fully saturated rings. The third-order valence-electron chi connectivity index (χ3n) is 1.85. The van der Waals surface area contributed by atoms with Crippen molar-refractivity contribution in [3.63, 3.8) is 0 Å². The summed E-state index contributed by atoms with van der Waals surface area (Å²) in [6, 6.07) is 6.09. The first kappa shape index (κ1) is 9.53. The summed E-state index contributed by atoms with van der Waals surface area (Å²) >= 11 is 0. The van der Waals surface area contributed by atoms with Gasteiger partial charge in [-0.15, -0.1) is 0 Å². The van der Waals surface area contributed by atoms with Crippen LogP contribution in [0.3, 0.4) is 0 Å². The zero-order valence-electron chi connectivity index (χ0n) is 7.99. The van der Waals surface area contributed by atoms with Crippen LogP contribution in [0.25, 0.3) is 0 Å². The molecule has 0 saturated carbocycles. The van der Waals surface area contributed by atoms with E-state index in [9.17, 15) is 0 Å². The van der Waals surface area contributed by atoms with Gasteiger partial charge in [0.1, 0.15) is 5.82 Å². The molecule has 68 valence electrons. The molecule has 13 heavy (non-hydrogen) atoms. The predicted octanol–water partition coefficient (Wildman–Crippen LogP) is 1.74. The molecule has 0 spiro atoms. The van der Waals surface area contributed by atoms with Gasteiger partial charge in [0.15, 0.2) is 0 Å². The first-order chi connectivity index (χ1) is 6.24. The van der Waals surface area contributed by atoms with Crippen molar-refractivity contribution in [2.75, 3.05) is 18.5 Å². The van der Waals surface area contributed by atoms with E-state index in [1.807, 2.05) is 37.2 Å². The summed E-state index contributed by atoms with van der Waals surface area (Å²) in [4.78, 5) is 6.22. The zero-order chi connectivity index (χ0) is 9.68. The molecule has 0 aliphatic carbocycles. The van der Waals surface area contributed by atoms with Crippen LogP contribution in [0, 0.1) is 18.3 Å². The van der Waals surface area contributed by atoms with Gasteiger partial charge in [-0.1, -0.05) is 6.07 Å². The van der Waals surface area contributed by atoms with Crippen LogP contribution in [-0.4, -0.2) is 18.6 Å². The second kappa shape index (κ2) is 4.46. The highest BCUT2D eigenvalue weighted by molar-refractivity contribution is 5.37. The van der Waals surface area contributed by atoms with Crippen LogP contribution in [-0.2, 0) is 0 Å². The minimum Gasteiger partial charge on any atom is -0.359 e. The number of hydrogen-bond donors (Lipinski definition) is 0. The van der Waals surface area contributed by atoms with Crippen LogP contribution < -0.4 is 4.90 Å². The van der Waals surface area contributed by atoms with Crippen molar-refractivity contribution in [1.82, 2.24) is 4.98 Å². The minimum atomic E-state index is 0.534. The molecular formula is C10H13N3. The number of aromatic nitrogens is 1. The molecule has 0 aliphatic rings. The molecule has 0 aromatic carbocycles. The van der Waals surface area contributed by atoms with Crippen LogP contribution >= 0.6 is 0 Å². The third kappa shape index (κ3) is 2.75. The molecule has 0 N–H and O–H groups in total. The monoisotopic (exact) mass is 175 g/mol. The summed E-state index contributed by atoms with van der Waals surface area (Å²) in [6.45, 7) is 2.73. The number of nitrogens with zero attached hydrogens (tertiary/aromatic N) is 3. The van der Waals surface area contributed by atoms with Crippen LogP contribution in [0.2, 0.25) is 0 Å². The molecule has 0 amide bonds. The average Bonchev–Trinajstić information content (AvgIpc) is 2.15. The second-order valence-electron chi connectivity index (χ2n) is 3.02. The molecule has 0 bridgehead atoms. The second-order valence-corrected chi connectivity index (χ2v) is 3.02. The van der Waals surface area contributed by atoms with E-state index >= 15 is 0 Å². The van der Waals surface area contributed by atoms with E-state index in [2.05, 4.69) is 11.1 Å². The first-order valence-corrected chi connectivity index (χ1v) is 4.25. The molecule has 0 aliphatic heterocycles. The lowest BCUT2D eigenvalue weighted by Crippen LogP contribution is -2.19. The van der Waals surface area contributed by atoms with E-state index in [1.54, 1.807) is 0 Å². The summed E-state index contributed by atoms with van der Waals surface area (Å²) in [7, 11) is 1.94. The maximum atomic E-state index is 8.41. The van der Waals surface area contributed by atoms with Gasteiger partial charge in [0.25, 0.3) is 0 Å². The Morgan fingerprint density at radius 3 is 2.85 bits per heavy atom. The van der Waals surface area contributed by atoms with Crippen molar-refractivity contribution in [2.24, 2.45) is 0 Å². The molecule has 3 nitrogen and oxygen atoms in total. The van der Waals surface area contributed by atoms with E-state index in [-0.39, 0.29) is 0 Å². The van der Waals surface area contributed by atoms with E-state index in [1.165, 1.54) is 0 Å². The fraction of sp³-hybridized carbons (Fsp3) is 0.400. The molecule has 0 radical (unpaired) electrons. The Kier molecular flexibility index (Phi) is 3.27. The highest BCUT2D eigenvalue weighted by Crippen LogP contribution is 2.08. The molecule has 1 rings (SSSR count). The molecule has 1 heterocycles. The van der Waals surface area contributed by atoms with Crippen molar-refractivity contribution in [1.29, 1.82) is 5.26 Å². The van der Waals surface area contributed by atoms with Crippen LogP contribution in [0.1, 0.15) is 12.0 Å². The topological polar surface area (TPSA) is 39.9 Å². The largest absolute Gasteiger partial charge is 0.359 e. The van der Waals surface area contributed by atoms with Gasteiger partial charge in [-0.2, -0.15) is 5.26 Å². The Balaban J connectivity index is 2.62.